The van der Waals surface area contributed by atoms with E-state index in [0.29, 0.717) is 35.6 Å². The fourth-order valence-electron chi connectivity index (χ4n) is 4.19. The number of aryl methyl sites for hydroxylation is 1. The van der Waals surface area contributed by atoms with Crippen molar-refractivity contribution in [1.82, 2.24) is 19.9 Å². The van der Waals surface area contributed by atoms with Gasteiger partial charge >= 0.3 is 0 Å². The molecule has 3 aromatic rings. The number of nitrogens with zero attached hydrogens (tertiary/aromatic N) is 3. The minimum Gasteiger partial charge on any atom is -0.472 e. The second-order valence-corrected chi connectivity index (χ2v) is 9.17. The smallest absolute Gasteiger partial charge is 0.297 e. The maximum absolute atomic E-state index is 11.1. The fourth-order valence-corrected chi connectivity index (χ4v) is 4.52. The molecular formula is C25H31ClN4O4. The number of hydrogen-bond acceptors (Lipinski definition) is 6. The highest BCUT2D eigenvalue weighted by atomic mass is 35.5. The van der Waals surface area contributed by atoms with E-state index in [2.05, 4.69) is 15.3 Å². The second kappa shape index (κ2) is 11.1. The average molecular weight is 487 g/mol. The summed E-state index contributed by atoms with van der Waals surface area (Å²) in [4.78, 5) is 20.1. The maximum Gasteiger partial charge on any atom is 0.297 e. The summed E-state index contributed by atoms with van der Waals surface area (Å²) in [6, 6.07) is 10.4. The van der Waals surface area contributed by atoms with Gasteiger partial charge in [0.15, 0.2) is 0 Å². The summed E-state index contributed by atoms with van der Waals surface area (Å²) in [5.74, 6) is 0.333. The molecule has 1 aromatic carbocycles. The predicted molar refractivity (Wildman–Crippen MR) is 130 cm³/mol. The van der Waals surface area contributed by atoms with Crippen LogP contribution in [0.2, 0.25) is 5.02 Å². The number of aromatic nitrogens is 3. The van der Waals surface area contributed by atoms with Gasteiger partial charge in [0.05, 0.1) is 24.4 Å². The summed E-state index contributed by atoms with van der Waals surface area (Å²) in [5, 5.41) is 3.26. The fraction of sp³-hybridized carbons (Fsp3) is 0.480. The first-order valence-corrected chi connectivity index (χ1v) is 12.0. The van der Waals surface area contributed by atoms with Gasteiger partial charge in [-0.3, -0.25) is 9.36 Å². The summed E-state index contributed by atoms with van der Waals surface area (Å²) in [6.45, 7) is 4.36. The summed E-state index contributed by atoms with van der Waals surface area (Å²) in [6.07, 6.45) is 5.46. The second-order valence-electron chi connectivity index (χ2n) is 8.79. The van der Waals surface area contributed by atoms with E-state index < -0.39 is 0 Å². The molecule has 1 N–H and O–H groups in total. The van der Waals surface area contributed by atoms with Crippen LogP contribution in [0.1, 0.15) is 45.1 Å². The first-order valence-electron chi connectivity index (χ1n) is 11.6. The number of ether oxygens (including phenoxy) is 3. The number of pyridine rings is 1. The van der Waals surface area contributed by atoms with Gasteiger partial charge in [-0.25, -0.2) is 4.98 Å². The zero-order valence-electron chi connectivity index (χ0n) is 19.8. The Bertz CT molecular complexity index is 1110. The molecule has 0 radical (unpaired) electrons. The van der Waals surface area contributed by atoms with E-state index in [4.69, 9.17) is 25.8 Å². The van der Waals surface area contributed by atoms with Crippen molar-refractivity contribution >= 4 is 28.5 Å². The van der Waals surface area contributed by atoms with Crippen LogP contribution in [0.25, 0.3) is 11.0 Å². The Labute approximate surface area is 204 Å². The maximum atomic E-state index is 11.1. The number of benzene rings is 1. The zero-order chi connectivity index (χ0) is 24.1. The van der Waals surface area contributed by atoms with Crippen molar-refractivity contribution in [3.05, 3.63) is 47.1 Å². The Hall–Kier alpha value is -2.84. The van der Waals surface area contributed by atoms with Crippen molar-refractivity contribution < 1.29 is 19.0 Å². The van der Waals surface area contributed by atoms with E-state index in [1.54, 1.807) is 6.20 Å². The van der Waals surface area contributed by atoms with Crippen molar-refractivity contribution in [3.8, 4) is 11.9 Å². The van der Waals surface area contributed by atoms with Crippen LogP contribution in [0.3, 0.4) is 0 Å². The molecular weight excluding hydrogens is 456 g/mol. The van der Waals surface area contributed by atoms with Gasteiger partial charge in [0.1, 0.15) is 23.3 Å². The molecule has 1 aliphatic carbocycles. The lowest BCUT2D eigenvalue weighted by Crippen LogP contribution is -2.37. The monoisotopic (exact) mass is 486 g/mol. The van der Waals surface area contributed by atoms with Crippen LogP contribution < -0.4 is 14.8 Å². The van der Waals surface area contributed by atoms with E-state index >= 15 is 0 Å². The lowest BCUT2D eigenvalue weighted by atomic mass is 9.95. The summed E-state index contributed by atoms with van der Waals surface area (Å²) >= 11 is 6.63. The molecule has 1 fully saturated rings. The topological polar surface area (TPSA) is 87.5 Å². The number of rotatable bonds is 9. The van der Waals surface area contributed by atoms with Crippen molar-refractivity contribution in [2.45, 2.75) is 64.4 Å². The van der Waals surface area contributed by atoms with Gasteiger partial charge in [-0.1, -0.05) is 41.9 Å². The third-order valence-corrected chi connectivity index (χ3v) is 6.26. The lowest BCUT2D eigenvalue weighted by Gasteiger charge is -2.29. The van der Waals surface area contributed by atoms with Crippen LogP contribution in [0.15, 0.2) is 36.5 Å². The Morgan fingerprint density at radius 3 is 2.62 bits per heavy atom. The summed E-state index contributed by atoms with van der Waals surface area (Å²) < 4.78 is 19.9. The van der Waals surface area contributed by atoms with Crippen LogP contribution in [0.4, 0.5) is 0 Å². The van der Waals surface area contributed by atoms with Crippen LogP contribution in [-0.4, -0.2) is 45.3 Å². The quantitative estimate of drug-likeness (QED) is 0.481. The van der Waals surface area contributed by atoms with Gasteiger partial charge in [0.2, 0.25) is 11.8 Å². The van der Waals surface area contributed by atoms with E-state index in [1.807, 2.05) is 48.9 Å². The Morgan fingerprint density at radius 1 is 1.21 bits per heavy atom. The molecule has 0 saturated heterocycles. The van der Waals surface area contributed by atoms with E-state index in [0.717, 1.165) is 36.8 Å². The molecule has 8 nitrogen and oxygen atoms in total. The number of imidazole rings is 1. The molecule has 2 heterocycles. The Balaban J connectivity index is 1.34. The Morgan fingerprint density at radius 2 is 1.91 bits per heavy atom. The highest BCUT2D eigenvalue weighted by molar-refractivity contribution is 6.36. The SMILES string of the molecule is CC(=O)N[C@@H](C)COC1CCC(Oc2nc3cnc(OCc4ccccc4)c(Cl)c3n2C)CC1. The molecule has 1 amide bonds. The van der Waals surface area contributed by atoms with Crippen LogP contribution in [0, 0.1) is 0 Å². The van der Waals surface area contributed by atoms with E-state index in [1.165, 1.54) is 6.92 Å². The molecule has 1 atom stereocenters. The number of carbonyl (C=O) groups is 1. The molecule has 182 valence electrons. The molecule has 1 saturated carbocycles. The van der Waals surface area contributed by atoms with Gasteiger partial charge in [0.25, 0.3) is 6.01 Å². The van der Waals surface area contributed by atoms with Crippen molar-refractivity contribution in [2.24, 2.45) is 7.05 Å². The molecule has 34 heavy (non-hydrogen) atoms. The summed E-state index contributed by atoms with van der Waals surface area (Å²) in [7, 11) is 1.88. The van der Waals surface area contributed by atoms with Gasteiger partial charge in [-0.05, 0) is 38.2 Å². The van der Waals surface area contributed by atoms with Crippen molar-refractivity contribution in [3.63, 3.8) is 0 Å². The average Bonchev–Trinajstić information content (AvgIpc) is 3.14. The van der Waals surface area contributed by atoms with Gasteiger partial charge in [-0.15, -0.1) is 0 Å². The molecule has 9 heteroatoms. The Kier molecular flexibility index (Phi) is 7.90. The molecule has 0 unspecified atom stereocenters. The van der Waals surface area contributed by atoms with E-state index in [-0.39, 0.29) is 24.2 Å². The highest BCUT2D eigenvalue weighted by Gasteiger charge is 2.26. The van der Waals surface area contributed by atoms with Gasteiger partial charge in [0, 0.05) is 20.0 Å². The minimum absolute atomic E-state index is 0.00592. The van der Waals surface area contributed by atoms with Crippen LogP contribution >= 0.6 is 11.6 Å². The number of halogens is 1. The number of nitrogens with one attached hydrogen (secondary N) is 1. The van der Waals surface area contributed by atoms with Crippen LogP contribution in [0.5, 0.6) is 11.9 Å². The molecule has 4 rings (SSSR count). The first-order chi connectivity index (χ1) is 16.4. The van der Waals surface area contributed by atoms with Crippen molar-refractivity contribution in [1.29, 1.82) is 0 Å². The van der Waals surface area contributed by atoms with Gasteiger partial charge in [-0.2, -0.15) is 4.98 Å². The molecule has 0 spiro atoms. The number of carbonyl (C=O) groups excluding carboxylic acids is 1. The third-order valence-electron chi connectivity index (χ3n) is 5.92. The molecule has 0 bridgehead atoms. The van der Waals surface area contributed by atoms with Crippen LogP contribution in [-0.2, 0) is 23.2 Å². The lowest BCUT2D eigenvalue weighted by molar-refractivity contribution is -0.120. The normalized spacial score (nSPS) is 19.1. The number of fused-ring (bicyclic) bond motifs is 1. The predicted octanol–water partition coefficient (Wildman–Crippen LogP) is 4.43. The third kappa shape index (κ3) is 5.98. The molecule has 1 aliphatic rings. The van der Waals surface area contributed by atoms with E-state index in [9.17, 15) is 4.79 Å². The highest BCUT2D eigenvalue weighted by Crippen LogP contribution is 2.34. The largest absolute Gasteiger partial charge is 0.472 e. The number of amides is 1. The minimum atomic E-state index is -0.0409. The summed E-state index contributed by atoms with van der Waals surface area (Å²) in [5.41, 5.74) is 2.44. The molecule has 2 aromatic heterocycles. The van der Waals surface area contributed by atoms with Gasteiger partial charge < -0.3 is 19.5 Å². The zero-order valence-corrected chi connectivity index (χ0v) is 20.5. The van der Waals surface area contributed by atoms with Crippen molar-refractivity contribution in [2.75, 3.05) is 6.61 Å². The number of hydrogen-bond donors (Lipinski definition) is 1. The molecule has 0 aliphatic heterocycles. The first kappa shape index (κ1) is 24.3. The standard InChI is InChI=1S/C25H31ClN4O4/c1-16(28-17(2)31)14-32-19-9-11-20(12-10-19)34-25-29-21-13-27-24(22(26)23(21)30(25)3)33-15-18-7-5-4-6-8-18/h4-8,13,16,19-20H,9-12,14-15H2,1-3H3,(H,28,31)/t16-,19?,20?/m0/s1.